The van der Waals surface area contributed by atoms with Gasteiger partial charge in [0.25, 0.3) is 5.91 Å². The molecule has 0 saturated carbocycles. The number of nitrogens with zero attached hydrogens (tertiary/aromatic N) is 2. The predicted octanol–water partition coefficient (Wildman–Crippen LogP) is 3.43. The molecule has 0 unspecified atom stereocenters. The van der Waals surface area contributed by atoms with E-state index in [4.69, 9.17) is 18.9 Å². The average Bonchev–Trinajstić information content (AvgIpc) is 3.35. The van der Waals surface area contributed by atoms with Crippen molar-refractivity contribution in [2.24, 2.45) is 0 Å². The van der Waals surface area contributed by atoms with Crippen LogP contribution in [-0.2, 0) is 31.7 Å². The summed E-state index contributed by atoms with van der Waals surface area (Å²) in [5.74, 6) is 0.914. The number of rotatable bonds is 10. The van der Waals surface area contributed by atoms with Gasteiger partial charge in [-0.2, -0.15) is 0 Å². The van der Waals surface area contributed by atoms with Crippen LogP contribution in [-0.4, -0.2) is 89.4 Å². The van der Waals surface area contributed by atoms with Crippen LogP contribution in [0.15, 0.2) is 36.4 Å². The van der Waals surface area contributed by atoms with Gasteiger partial charge in [0.1, 0.15) is 23.7 Å². The van der Waals surface area contributed by atoms with Crippen molar-refractivity contribution >= 4 is 15.9 Å². The average molecular weight is 561 g/mol. The number of methoxy groups -OCH3 is 2. The molecule has 1 amide bonds. The van der Waals surface area contributed by atoms with Crippen LogP contribution in [0.25, 0.3) is 0 Å². The standard InChI is InChI=1S/C29H40N2O7S/c1-6-22-11-10-20(2)27(28(22)36-5)29(32)31-17-25(35-4)26(18-31)38-24-9-7-8-21(16-24)19-39(33,34)30(3)23-12-14-37-15-13-23/h7-11,16,23,25-26H,6,12-15,17-19H2,1-5H3/t25-,26-/m1/s1. The first kappa shape index (κ1) is 29.3. The van der Waals surface area contributed by atoms with Gasteiger partial charge in [-0.3, -0.25) is 4.79 Å². The molecule has 2 saturated heterocycles. The summed E-state index contributed by atoms with van der Waals surface area (Å²) in [4.78, 5) is 15.4. The summed E-state index contributed by atoms with van der Waals surface area (Å²) in [6, 6.07) is 11.0. The summed E-state index contributed by atoms with van der Waals surface area (Å²) in [5, 5.41) is 0. The van der Waals surface area contributed by atoms with Crippen LogP contribution in [0, 0.1) is 6.92 Å². The molecule has 2 aliphatic rings. The van der Waals surface area contributed by atoms with Gasteiger partial charge in [0.15, 0.2) is 0 Å². The summed E-state index contributed by atoms with van der Waals surface area (Å²) in [7, 11) is 1.33. The zero-order valence-electron chi connectivity index (χ0n) is 23.5. The molecule has 214 valence electrons. The molecule has 39 heavy (non-hydrogen) atoms. The van der Waals surface area contributed by atoms with Gasteiger partial charge in [0, 0.05) is 33.4 Å². The van der Waals surface area contributed by atoms with E-state index in [0.717, 1.165) is 17.5 Å². The van der Waals surface area contributed by atoms with Crippen molar-refractivity contribution in [1.82, 2.24) is 9.21 Å². The van der Waals surface area contributed by atoms with Crippen molar-refractivity contribution < 1.29 is 32.2 Å². The Labute approximate surface area is 232 Å². The molecule has 0 aromatic heterocycles. The number of amides is 1. The lowest BCUT2D eigenvalue weighted by atomic mass is 10.0. The van der Waals surface area contributed by atoms with Crippen molar-refractivity contribution in [3.05, 3.63) is 58.7 Å². The summed E-state index contributed by atoms with van der Waals surface area (Å²) in [6.07, 6.45) is 1.41. The smallest absolute Gasteiger partial charge is 0.258 e. The van der Waals surface area contributed by atoms with E-state index in [-0.39, 0.29) is 23.8 Å². The lowest BCUT2D eigenvalue weighted by molar-refractivity contribution is 0.0339. The molecule has 9 nitrogen and oxygen atoms in total. The van der Waals surface area contributed by atoms with Crippen LogP contribution in [0.5, 0.6) is 11.5 Å². The Balaban J connectivity index is 1.47. The quantitative estimate of drug-likeness (QED) is 0.440. The highest BCUT2D eigenvalue weighted by molar-refractivity contribution is 7.88. The monoisotopic (exact) mass is 560 g/mol. The zero-order chi connectivity index (χ0) is 28.2. The molecule has 0 N–H and O–H groups in total. The van der Waals surface area contributed by atoms with Crippen LogP contribution >= 0.6 is 0 Å². The largest absolute Gasteiger partial charge is 0.496 e. The highest BCUT2D eigenvalue weighted by Gasteiger charge is 2.39. The topological polar surface area (TPSA) is 94.6 Å². The minimum atomic E-state index is -3.51. The molecule has 2 aromatic carbocycles. The van der Waals surface area contributed by atoms with Gasteiger partial charge in [0.05, 0.1) is 31.5 Å². The Hall–Kier alpha value is -2.66. The normalized spacial score (nSPS) is 20.4. The Morgan fingerprint density at radius 2 is 1.82 bits per heavy atom. The zero-order valence-corrected chi connectivity index (χ0v) is 24.3. The minimum absolute atomic E-state index is 0.0482. The molecule has 10 heteroatoms. The van der Waals surface area contributed by atoms with Gasteiger partial charge in [-0.15, -0.1) is 0 Å². The molecule has 2 aliphatic heterocycles. The Kier molecular flexibility index (Phi) is 9.53. The maximum atomic E-state index is 13.6. The van der Waals surface area contributed by atoms with Crippen molar-refractivity contribution in [3.63, 3.8) is 0 Å². The number of carbonyl (C=O) groups excluding carboxylic acids is 1. The predicted molar refractivity (Wildman–Crippen MR) is 149 cm³/mol. The highest BCUT2D eigenvalue weighted by atomic mass is 32.2. The SMILES string of the molecule is CCc1ccc(C)c(C(=O)N2C[C@@H](OC)[C@H](Oc3cccc(CS(=O)(=O)N(C)C4CCOCC4)c3)C2)c1OC. The van der Waals surface area contributed by atoms with Gasteiger partial charge >= 0.3 is 0 Å². The lowest BCUT2D eigenvalue weighted by Gasteiger charge is -2.30. The lowest BCUT2D eigenvalue weighted by Crippen LogP contribution is -2.41. The van der Waals surface area contributed by atoms with E-state index in [1.54, 1.807) is 50.4 Å². The van der Waals surface area contributed by atoms with Gasteiger partial charge in [-0.25, -0.2) is 12.7 Å². The van der Waals surface area contributed by atoms with Crippen molar-refractivity contribution in [1.29, 1.82) is 0 Å². The molecule has 2 heterocycles. The van der Waals surface area contributed by atoms with E-state index in [9.17, 15) is 13.2 Å². The molecule has 4 rings (SSSR count). The molecule has 2 aromatic rings. The van der Waals surface area contributed by atoms with Crippen molar-refractivity contribution in [3.8, 4) is 11.5 Å². The number of ether oxygens (including phenoxy) is 4. The van der Waals surface area contributed by atoms with E-state index >= 15 is 0 Å². The van der Waals surface area contributed by atoms with Crippen LogP contribution in [0.2, 0.25) is 0 Å². The molecule has 0 radical (unpaired) electrons. The maximum Gasteiger partial charge on any atom is 0.258 e. The van der Waals surface area contributed by atoms with E-state index in [1.165, 1.54) is 4.31 Å². The number of benzene rings is 2. The fraction of sp³-hybridized carbons (Fsp3) is 0.552. The third kappa shape index (κ3) is 6.57. The summed E-state index contributed by atoms with van der Waals surface area (Å²) >= 11 is 0. The molecular formula is C29H40N2O7S. The second-order valence-electron chi connectivity index (χ2n) is 10.2. The molecular weight excluding hydrogens is 520 g/mol. The summed E-state index contributed by atoms with van der Waals surface area (Å²) in [6.45, 7) is 5.81. The van der Waals surface area contributed by atoms with E-state index in [2.05, 4.69) is 0 Å². The molecule has 0 spiro atoms. The fourth-order valence-electron chi connectivity index (χ4n) is 5.38. The molecule has 0 bridgehead atoms. The van der Waals surface area contributed by atoms with Crippen LogP contribution in [0.1, 0.15) is 46.8 Å². The summed E-state index contributed by atoms with van der Waals surface area (Å²) < 4.78 is 50.7. The van der Waals surface area contributed by atoms with Gasteiger partial charge in [0.2, 0.25) is 10.0 Å². The van der Waals surface area contributed by atoms with Crippen LogP contribution in [0.3, 0.4) is 0 Å². The van der Waals surface area contributed by atoms with Crippen molar-refractivity contribution in [2.75, 3.05) is 47.6 Å². The van der Waals surface area contributed by atoms with Crippen LogP contribution in [0.4, 0.5) is 0 Å². The number of hydrogen-bond acceptors (Lipinski definition) is 7. The minimum Gasteiger partial charge on any atom is -0.496 e. The number of likely N-dealkylation sites (tertiary alicyclic amines) is 1. The van der Waals surface area contributed by atoms with Gasteiger partial charge in [-0.05, 0) is 55.0 Å². The highest BCUT2D eigenvalue weighted by Crippen LogP contribution is 2.31. The number of sulfonamides is 1. The maximum absolute atomic E-state index is 13.6. The van der Waals surface area contributed by atoms with E-state index in [1.807, 2.05) is 26.0 Å². The first-order valence-electron chi connectivity index (χ1n) is 13.5. The van der Waals surface area contributed by atoms with E-state index < -0.39 is 16.1 Å². The third-order valence-corrected chi connectivity index (χ3v) is 9.60. The first-order valence-corrected chi connectivity index (χ1v) is 15.1. The summed E-state index contributed by atoms with van der Waals surface area (Å²) in [5.41, 5.74) is 3.04. The Morgan fingerprint density at radius 1 is 1.10 bits per heavy atom. The van der Waals surface area contributed by atoms with Gasteiger partial charge < -0.3 is 23.8 Å². The number of carbonyl (C=O) groups is 1. The Morgan fingerprint density at radius 3 is 2.49 bits per heavy atom. The number of hydrogen-bond donors (Lipinski definition) is 0. The second-order valence-corrected chi connectivity index (χ2v) is 12.2. The number of aryl methyl sites for hydroxylation is 2. The molecule has 0 aliphatic carbocycles. The van der Waals surface area contributed by atoms with Crippen LogP contribution < -0.4 is 9.47 Å². The van der Waals surface area contributed by atoms with Crippen molar-refractivity contribution in [2.45, 2.75) is 57.1 Å². The fourth-order valence-corrected chi connectivity index (χ4v) is 6.85. The Bertz CT molecular complexity index is 1260. The second kappa shape index (κ2) is 12.7. The third-order valence-electron chi connectivity index (χ3n) is 7.73. The van der Waals surface area contributed by atoms with Gasteiger partial charge in [-0.1, -0.05) is 31.2 Å². The molecule has 2 fully saturated rings. The first-order chi connectivity index (χ1) is 18.7. The van der Waals surface area contributed by atoms with E-state index in [0.29, 0.717) is 61.8 Å². The molecule has 2 atom stereocenters.